The minimum atomic E-state index is -0.474. The molecule has 19 heavy (non-hydrogen) atoms. The highest BCUT2D eigenvalue weighted by Gasteiger charge is 2.17. The highest BCUT2D eigenvalue weighted by Crippen LogP contribution is 2.29. The zero-order chi connectivity index (χ0) is 14.4. The topological polar surface area (TPSA) is 61.8 Å². The van der Waals surface area contributed by atoms with Gasteiger partial charge in [-0.2, -0.15) is 0 Å². The highest BCUT2D eigenvalue weighted by atomic mass is 16.6. The van der Waals surface area contributed by atoms with Gasteiger partial charge in [0.15, 0.2) is 11.5 Å². The Labute approximate surface area is 112 Å². The van der Waals surface area contributed by atoms with E-state index >= 15 is 0 Å². The van der Waals surface area contributed by atoms with Crippen LogP contribution in [0.2, 0.25) is 0 Å². The van der Waals surface area contributed by atoms with Crippen LogP contribution in [0.15, 0.2) is 18.2 Å². The Morgan fingerprint density at radius 1 is 1.21 bits per heavy atom. The Morgan fingerprint density at radius 3 is 2.42 bits per heavy atom. The van der Waals surface area contributed by atoms with Gasteiger partial charge in [0.2, 0.25) is 0 Å². The summed E-state index contributed by atoms with van der Waals surface area (Å²) < 4.78 is 15.0. The Kier molecular flexibility index (Phi) is 5.36. The fraction of sp³-hybridized carbons (Fsp3) is 0.429. The fourth-order valence-electron chi connectivity index (χ4n) is 1.37. The molecule has 104 valence electrons. The van der Waals surface area contributed by atoms with Crippen molar-refractivity contribution >= 4 is 11.9 Å². The molecule has 0 fully saturated rings. The van der Waals surface area contributed by atoms with Gasteiger partial charge < -0.3 is 14.2 Å². The second-order valence-corrected chi connectivity index (χ2v) is 4.09. The lowest BCUT2D eigenvalue weighted by Crippen LogP contribution is -2.17. The largest absolute Gasteiger partial charge is 0.493 e. The minimum absolute atomic E-state index is 0.190. The van der Waals surface area contributed by atoms with Gasteiger partial charge in [-0.3, -0.25) is 4.79 Å². The van der Waals surface area contributed by atoms with Crippen molar-refractivity contribution < 1.29 is 23.8 Å². The van der Waals surface area contributed by atoms with E-state index < -0.39 is 5.97 Å². The molecular formula is C14H18O5. The normalized spacial score (nSPS) is 11.6. The third-order valence-corrected chi connectivity index (χ3v) is 2.81. The molecule has 1 rings (SSSR count). The molecule has 0 aliphatic rings. The van der Waals surface area contributed by atoms with Gasteiger partial charge in [-0.25, -0.2) is 4.79 Å². The van der Waals surface area contributed by atoms with Crippen molar-refractivity contribution in [3.05, 3.63) is 23.8 Å². The molecule has 0 amide bonds. The molecule has 1 aromatic rings. The average Bonchev–Trinajstić information content (AvgIpc) is 2.45. The molecule has 0 aliphatic carbocycles. The van der Waals surface area contributed by atoms with Crippen LogP contribution in [0.25, 0.3) is 0 Å². The molecule has 0 saturated heterocycles. The molecule has 1 atom stereocenters. The van der Waals surface area contributed by atoms with Crippen LogP contribution in [0.4, 0.5) is 0 Å². The van der Waals surface area contributed by atoms with Crippen LogP contribution < -0.4 is 9.47 Å². The first-order chi connectivity index (χ1) is 9.03. The summed E-state index contributed by atoms with van der Waals surface area (Å²) in [5, 5.41) is 0. The molecule has 0 N–H and O–H groups in total. The number of ether oxygens (including phenoxy) is 3. The molecule has 5 nitrogen and oxygen atoms in total. The maximum Gasteiger partial charge on any atom is 0.337 e. The van der Waals surface area contributed by atoms with E-state index in [1.54, 1.807) is 6.92 Å². The SMILES string of the molecule is CCC(C)C(=O)Oc1ccc(C(=O)OC)cc1OC. The third kappa shape index (κ3) is 3.71. The van der Waals surface area contributed by atoms with Crippen LogP contribution in [0.1, 0.15) is 30.6 Å². The van der Waals surface area contributed by atoms with Crippen molar-refractivity contribution in [1.82, 2.24) is 0 Å². The summed E-state index contributed by atoms with van der Waals surface area (Å²) in [6.07, 6.45) is 0.696. The monoisotopic (exact) mass is 266 g/mol. The quantitative estimate of drug-likeness (QED) is 0.605. The summed E-state index contributed by atoms with van der Waals surface area (Å²) in [5.74, 6) is -0.380. The maximum atomic E-state index is 11.7. The summed E-state index contributed by atoms with van der Waals surface area (Å²) in [4.78, 5) is 23.1. The molecule has 5 heteroatoms. The number of carbonyl (C=O) groups excluding carboxylic acids is 2. The Morgan fingerprint density at radius 2 is 1.89 bits per heavy atom. The van der Waals surface area contributed by atoms with Gasteiger partial charge in [0.1, 0.15) is 0 Å². The first-order valence-electron chi connectivity index (χ1n) is 6.01. The number of carbonyl (C=O) groups is 2. The van der Waals surface area contributed by atoms with Crippen LogP contribution in [0, 0.1) is 5.92 Å². The van der Waals surface area contributed by atoms with Crippen molar-refractivity contribution in [2.45, 2.75) is 20.3 Å². The number of hydrogen-bond acceptors (Lipinski definition) is 5. The first-order valence-corrected chi connectivity index (χ1v) is 6.01. The Bertz CT molecular complexity index is 467. The third-order valence-electron chi connectivity index (χ3n) is 2.81. The van der Waals surface area contributed by atoms with E-state index in [1.807, 2.05) is 6.92 Å². The van der Waals surface area contributed by atoms with E-state index in [2.05, 4.69) is 4.74 Å². The van der Waals surface area contributed by atoms with Gasteiger partial charge >= 0.3 is 11.9 Å². The Hall–Kier alpha value is -2.04. The summed E-state index contributed by atoms with van der Waals surface area (Å²) >= 11 is 0. The van der Waals surface area contributed by atoms with Crippen molar-refractivity contribution in [2.24, 2.45) is 5.92 Å². The lowest BCUT2D eigenvalue weighted by molar-refractivity contribution is -0.138. The van der Waals surface area contributed by atoms with E-state index in [9.17, 15) is 9.59 Å². The second kappa shape index (κ2) is 6.78. The molecule has 1 aromatic carbocycles. The van der Waals surface area contributed by atoms with E-state index in [0.29, 0.717) is 23.5 Å². The van der Waals surface area contributed by atoms with Gasteiger partial charge in [-0.05, 0) is 24.6 Å². The molecule has 1 unspecified atom stereocenters. The summed E-state index contributed by atoms with van der Waals surface area (Å²) in [6.45, 7) is 3.70. The summed E-state index contributed by atoms with van der Waals surface area (Å²) in [7, 11) is 2.74. The predicted molar refractivity (Wildman–Crippen MR) is 69.4 cm³/mol. The van der Waals surface area contributed by atoms with Gasteiger partial charge in [-0.1, -0.05) is 13.8 Å². The number of rotatable bonds is 5. The molecule has 0 heterocycles. The molecule has 0 aromatic heterocycles. The van der Waals surface area contributed by atoms with Crippen LogP contribution in [0.5, 0.6) is 11.5 Å². The van der Waals surface area contributed by atoms with E-state index in [1.165, 1.54) is 32.4 Å². The lowest BCUT2D eigenvalue weighted by atomic mass is 10.1. The molecule has 0 bridgehead atoms. The number of esters is 2. The molecular weight excluding hydrogens is 248 g/mol. The smallest absolute Gasteiger partial charge is 0.337 e. The number of hydrogen-bond donors (Lipinski definition) is 0. The molecule has 0 saturated carbocycles. The van der Waals surface area contributed by atoms with Gasteiger partial charge in [0.05, 0.1) is 25.7 Å². The predicted octanol–water partition coefficient (Wildman–Crippen LogP) is 2.43. The van der Waals surface area contributed by atoms with Crippen LogP contribution in [-0.2, 0) is 9.53 Å². The van der Waals surface area contributed by atoms with Gasteiger partial charge in [-0.15, -0.1) is 0 Å². The second-order valence-electron chi connectivity index (χ2n) is 4.09. The van der Waals surface area contributed by atoms with E-state index in [4.69, 9.17) is 9.47 Å². The van der Waals surface area contributed by atoms with Crippen molar-refractivity contribution in [1.29, 1.82) is 0 Å². The van der Waals surface area contributed by atoms with Crippen LogP contribution in [-0.4, -0.2) is 26.2 Å². The Balaban J connectivity index is 2.96. The molecule has 0 aliphatic heterocycles. The van der Waals surface area contributed by atoms with E-state index in [-0.39, 0.29) is 11.9 Å². The standard InChI is InChI=1S/C14H18O5/c1-5-9(2)13(15)19-11-7-6-10(14(16)18-4)8-12(11)17-3/h6-9H,5H2,1-4H3. The maximum absolute atomic E-state index is 11.7. The summed E-state index contributed by atoms with van der Waals surface area (Å²) in [6, 6.07) is 4.52. The number of methoxy groups -OCH3 is 2. The van der Waals surface area contributed by atoms with E-state index in [0.717, 1.165) is 0 Å². The van der Waals surface area contributed by atoms with Crippen molar-refractivity contribution in [3.63, 3.8) is 0 Å². The average molecular weight is 266 g/mol. The van der Waals surface area contributed by atoms with Gasteiger partial charge in [0, 0.05) is 0 Å². The first kappa shape index (κ1) is 15.0. The van der Waals surface area contributed by atoms with Gasteiger partial charge in [0.25, 0.3) is 0 Å². The zero-order valence-electron chi connectivity index (χ0n) is 11.6. The summed E-state index contributed by atoms with van der Waals surface area (Å²) in [5.41, 5.74) is 0.336. The van der Waals surface area contributed by atoms with Crippen LogP contribution in [0.3, 0.4) is 0 Å². The zero-order valence-corrected chi connectivity index (χ0v) is 11.6. The molecule has 0 spiro atoms. The van der Waals surface area contributed by atoms with Crippen LogP contribution >= 0.6 is 0 Å². The molecule has 0 radical (unpaired) electrons. The minimum Gasteiger partial charge on any atom is -0.493 e. The highest BCUT2D eigenvalue weighted by molar-refractivity contribution is 5.90. The lowest BCUT2D eigenvalue weighted by Gasteiger charge is -2.12. The fourth-order valence-corrected chi connectivity index (χ4v) is 1.37. The van der Waals surface area contributed by atoms with Crippen molar-refractivity contribution in [3.8, 4) is 11.5 Å². The van der Waals surface area contributed by atoms with Crippen molar-refractivity contribution in [2.75, 3.05) is 14.2 Å². The number of benzene rings is 1.